The molecule has 0 aromatic heterocycles. The highest BCUT2D eigenvalue weighted by Crippen LogP contribution is 2.42. The molecule has 0 saturated carbocycles. The molecule has 0 amide bonds. The molecule has 7 heteroatoms. The van der Waals surface area contributed by atoms with E-state index < -0.39 is 31.7 Å². The van der Waals surface area contributed by atoms with Crippen molar-refractivity contribution in [3.63, 3.8) is 0 Å². The van der Waals surface area contributed by atoms with Gasteiger partial charge in [-0.05, 0) is 29.1 Å². The first-order valence-corrected chi connectivity index (χ1v) is 12.5. The molecule has 0 aromatic rings. The minimum absolute atomic E-state index is 0.0152. The van der Waals surface area contributed by atoms with E-state index in [1.807, 2.05) is 0 Å². The monoisotopic (exact) mass is 428 g/mol. The standard InChI is InChI=1S/C22H40O6Si/c1-16(2)29(17(3)4,18(5)6)14-12-11-13-22(20(23)27-9,21(24)28-10)15-19(25-7)26-8/h11,14,16-19H,13,15H2,1-10H3. The molecule has 0 rings (SSSR count). The summed E-state index contributed by atoms with van der Waals surface area (Å²) in [5, 5.41) is 0. The molecule has 0 aliphatic carbocycles. The maximum Gasteiger partial charge on any atom is 0.323 e. The summed E-state index contributed by atoms with van der Waals surface area (Å²) in [5.41, 5.74) is 5.60. The predicted octanol–water partition coefficient (Wildman–Crippen LogP) is 4.65. The summed E-state index contributed by atoms with van der Waals surface area (Å²) >= 11 is 0. The topological polar surface area (TPSA) is 71.1 Å². The van der Waals surface area contributed by atoms with Gasteiger partial charge < -0.3 is 18.9 Å². The molecule has 0 aromatic carbocycles. The molecule has 0 radical (unpaired) electrons. The number of methoxy groups -OCH3 is 4. The van der Waals surface area contributed by atoms with E-state index in [1.165, 1.54) is 28.4 Å². The lowest BCUT2D eigenvalue weighted by Crippen LogP contribution is -2.44. The zero-order chi connectivity index (χ0) is 22.8. The molecule has 6 nitrogen and oxygen atoms in total. The zero-order valence-corrected chi connectivity index (χ0v) is 20.8. The van der Waals surface area contributed by atoms with Crippen molar-refractivity contribution in [3.05, 3.63) is 17.5 Å². The van der Waals surface area contributed by atoms with Gasteiger partial charge in [0, 0.05) is 20.6 Å². The average Bonchev–Trinajstić information content (AvgIpc) is 2.68. The Morgan fingerprint density at radius 1 is 0.862 bits per heavy atom. The Morgan fingerprint density at radius 2 is 1.28 bits per heavy atom. The first-order chi connectivity index (χ1) is 13.5. The van der Waals surface area contributed by atoms with Crippen LogP contribution in [-0.2, 0) is 28.5 Å². The molecule has 0 atom stereocenters. The van der Waals surface area contributed by atoms with Gasteiger partial charge in [0.2, 0.25) is 0 Å². The Hall–Kier alpha value is -1.40. The van der Waals surface area contributed by atoms with Crippen LogP contribution in [-0.4, -0.2) is 54.7 Å². The minimum Gasteiger partial charge on any atom is -0.468 e. The molecular weight excluding hydrogens is 388 g/mol. The summed E-state index contributed by atoms with van der Waals surface area (Å²) in [4.78, 5) is 25.3. The number of ether oxygens (including phenoxy) is 4. The normalized spacial score (nSPS) is 12.3. The van der Waals surface area contributed by atoms with Gasteiger partial charge in [-0.3, -0.25) is 9.59 Å². The van der Waals surface area contributed by atoms with Gasteiger partial charge in [-0.25, -0.2) is 0 Å². The number of carbonyl (C=O) groups excluding carboxylic acids is 2. The summed E-state index contributed by atoms with van der Waals surface area (Å²) in [7, 11) is 3.63. The fourth-order valence-corrected chi connectivity index (χ4v) is 9.78. The maximum absolute atomic E-state index is 12.6. The smallest absolute Gasteiger partial charge is 0.323 e. The van der Waals surface area contributed by atoms with Crippen LogP contribution in [0.2, 0.25) is 16.6 Å². The van der Waals surface area contributed by atoms with Crippen molar-refractivity contribution in [1.29, 1.82) is 0 Å². The second-order valence-electron chi connectivity index (χ2n) is 8.35. The number of rotatable bonds is 12. The number of hydrogen-bond acceptors (Lipinski definition) is 6. The van der Waals surface area contributed by atoms with E-state index in [4.69, 9.17) is 18.9 Å². The quantitative estimate of drug-likeness (QED) is 0.148. The van der Waals surface area contributed by atoms with Crippen molar-refractivity contribution in [2.45, 2.75) is 77.3 Å². The van der Waals surface area contributed by atoms with Crippen LogP contribution in [0.5, 0.6) is 0 Å². The van der Waals surface area contributed by atoms with Crippen LogP contribution in [0.1, 0.15) is 54.4 Å². The first-order valence-electron chi connectivity index (χ1n) is 10.1. The number of hydrogen-bond donors (Lipinski definition) is 0. The van der Waals surface area contributed by atoms with Crippen LogP contribution in [0.4, 0.5) is 0 Å². The Morgan fingerprint density at radius 3 is 1.59 bits per heavy atom. The predicted molar refractivity (Wildman–Crippen MR) is 117 cm³/mol. The van der Waals surface area contributed by atoms with Crippen LogP contribution in [0.15, 0.2) is 17.5 Å². The average molecular weight is 429 g/mol. The Labute approximate surface area is 177 Å². The number of esters is 2. The number of allylic oxidation sites excluding steroid dienone is 1. The lowest BCUT2D eigenvalue weighted by Gasteiger charge is -2.39. The fraction of sp³-hybridized carbons (Fsp3) is 0.773. The van der Waals surface area contributed by atoms with Crippen LogP contribution in [0.3, 0.4) is 0 Å². The summed E-state index contributed by atoms with van der Waals surface area (Å²) in [6.45, 7) is 13.6. The molecule has 0 aliphatic rings. The molecule has 0 spiro atoms. The Bertz CT molecular complexity index is 548. The van der Waals surface area contributed by atoms with E-state index >= 15 is 0 Å². The Balaban J connectivity index is 6.17. The van der Waals surface area contributed by atoms with E-state index in [-0.39, 0.29) is 12.8 Å². The van der Waals surface area contributed by atoms with E-state index in [9.17, 15) is 9.59 Å². The van der Waals surface area contributed by atoms with E-state index in [0.717, 1.165) is 0 Å². The van der Waals surface area contributed by atoms with Crippen molar-refractivity contribution in [3.8, 4) is 0 Å². The van der Waals surface area contributed by atoms with Gasteiger partial charge in [-0.1, -0.05) is 47.2 Å². The van der Waals surface area contributed by atoms with Gasteiger partial charge in [-0.15, -0.1) is 5.73 Å². The van der Waals surface area contributed by atoms with Crippen LogP contribution >= 0.6 is 0 Å². The Kier molecular flexibility index (Phi) is 11.7. The highest BCUT2D eigenvalue weighted by atomic mass is 28.3. The third kappa shape index (κ3) is 6.29. The van der Waals surface area contributed by atoms with Crippen LogP contribution in [0, 0.1) is 5.41 Å². The summed E-state index contributed by atoms with van der Waals surface area (Å²) < 4.78 is 20.3. The molecule has 0 unspecified atom stereocenters. The molecule has 0 saturated heterocycles. The molecule has 0 heterocycles. The van der Waals surface area contributed by atoms with Gasteiger partial charge in [0.05, 0.1) is 22.3 Å². The second kappa shape index (κ2) is 12.3. The highest BCUT2D eigenvalue weighted by Gasteiger charge is 2.49. The lowest BCUT2D eigenvalue weighted by molar-refractivity contribution is -0.181. The van der Waals surface area contributed by atoms with Gasteiger partial charge in [0.15, 0.2) is 11.7 Å². The molecule has 168 valence electrons. The lowest BCUT2D eigenvalue weighted by atomic mass is 9.80. The highest BCUT2D eigenvalue weighted by molar-refractivity contribution is 6.87. The molecule has 0 aliphatic heterocycles. The van der Waals surface area contributed by atoms with Crippen molar-refractivity contribution < 1.29 is 28.5 Å². The van der Waals surface area contributed by atoms with Crippen molar-refractivity contribution in [2.75, 3.05) is 28.4 Å². The van der Waals surface area contributed by atoms with E-state index in [2.05, 4.69) is 53.0 Å². The zero-order valence-electron chi connectivity index (χ0n) is 19.8. The third-order valence-electron chi connectivity index (χ3n) is 6.09. The summed E-state index contributed by atoms with van der Waals surface area (Å²) in [5.74, 6) is -1.36. The third-order valence-corrected chi connectivity index (χ3v) is 12.8. The van der Waals surface area contributed by atoms with Crippen molar-refractivity contribution in [1.82, 2.24) is 0 Å². The fourth-order valence-electron chi connectivity index (χ4n) is 4.37. The van der Waals surface area contributed by atoms with Crippen molar-refractivity contribution in [2.24, 2.45) is 5.41 Å². The van der Waals surface area contributed by atoms with Crippen LogP contribution in [0.25, 0.3) is 0 Å². The largest absolute Gasteiger partial charge is 0.468 e. The molecular formula is C22H40O6Si. The van der Waals surface area contributed by atoms with Gasteiger partial charge in [0.25, 0.3) is 0 Å². The van der Waals surface area contributed by atoms with E-state index in [1.54, 1.807) is 6.08 Å². The molecule has 0 N–H and O–H groups in total. The van der Waals surface area contributed by atoms with Gasteiger partial charge in [-0.2, -0.15) is 0 Å². The summed E-state index contributed by atoms with van der Waals surface area (Å²) in [6.07, 6.45) is 1.07. The van der Waals surface area contributed by atoms with E-state index in [0.29, 0.717) is 16.6 Å². The second-order valence-corrected chi connectivity index (χ2v) is 14.1. The summed E-state index contributed by atoms with van der Waals surface area (Å²) in [6, 6.07) is 0. The molecule has 0 bridgehead atoms. The number of carbonyl (C=O) groups is 2. The van der Waals surface area contributed by atoms with Crippen molar-refractivity contribution >= 4 is 20.0 Å². The van der Waals surface area contributed by atoms with Crippen LogP contribution < -0.4 is 0 Å². The molecule has 29 heavy (non-hydrogen) atoms. The van der Waals surface area contributed by atoms with Gasteiger partial charge >= 0.3 is 11.9 Å². The first kappa shape index (κ1) is 27.6. The van der Waals surface area contributed by atoms with Gasteiger partial charge in [0.1, 0.15) is 0 Å². The SMILES string of the molecule is COC(=O)C(CC=C=C[Si](C(C)C)(C(C)C)C(C)C)(CC(OC)OC)C(=O)OC. The maximum atomic E-state index is 12.6. The molecule has 0 fully saturated rings. The minimum atomic E-state index is -1.79.